The Morgan fingerprint density at radius 2 is 2.00 bits per heavy atom. The SMILES string of the molecule is COc1ccc(C)cc1S(=O)(=O)NC(CCO)C(C)C. The molecule has 1 rings (SSSR count). The van der Waals surface area contributed by atoms with Gasteiger partial charge in [-0.2, -0.15) is 0 Å². The number of nitrogens with one attached hydrogen (secondary N) is 1. The quantitative estimate of drug-likeness (QED) is 0.803. The smallest absolute Gasteiger partial charge is 0.244 e. The normalized spacial score (nSPS) is 13.5. The maximum atomic E-state index is 12.5. The summed E-state index contributed by atoms with van der Waals surface area (Å²) in [5.74, 6) is 0.405. The van der Waals surface area contributed by atoms with Crippen molar-refractivity contribution in [3.05, 3.63) is 23.8 Å². The summed E-state index contributed by atoms with van der Waals surface area (Å²) >= 11 is 0. The minimum Gasteiger partial charge on any atom is -0.495 e. The molecule has 1 aromatic rings. The molecule has 6 heteroatoms. The first-order valence-electron chi connectivity index (χ1n) is 6.59. The van der Waals surface area contributed by atoms with E-state index < -0.39 is 10.0 Å². The third kappa shape index (κ3) is 4.19. The molecule has 0 aliphatic carbocycles. The van der Waals surface area contributed by atoms with Gasteiger partial charge in [-0.3, -0.25) is 0 Å². The Morgan fingerprint density at radius 1 is 1.35 bits per heavy atom. The molecular weight excluding hydrogens is 278 g/mol. The molecule has 5 nitrogen and oxygen atoms in total. The fourth-order valence-electron chi connectivity index (χ4n) is 1.92. The summed E-state index contributed by atoms with van der Waals surface area (Å²) in [7, 11) is -2.24. The lowest BCUT2D eigenvalue weighted by atomic mass is 10.0. The fraction of sp³-hybridized carbons (Fsp3) is 0.571. The molecular formula is C14H23NO4S. The van der Waals surface area contributed by atoms with Crippen molar-refractivity contribution in [1.82, 2.24) is 4.72 Å². The molecule has 1 atom stereocenters. The summed E-state index contributed by atoms with van der Waals surface area (Å²) < 4.78 is 32.7. The van der Waals surface area contributed by atoms with Crippen molar-refractivity contribution in [1.29, 1.82) is 0 Å². The molecule has 0 spiro atoms. The summed E-state index contributed by atoms with van der Waals surface area (Å²) in [5, 5.41) is 9.04. The van der Waals surface area contributed by atoms with Crippen molar-refractivity contribution >= 4 is 10.0 Å². The summed E-state index contributed by atoms with van der Waals surface area (Å²) in [5.41, 5.74) is 0.842. The van der Waals surface area contributed by atoms with E-state index in [4.69, 9.17) is 9.84 Å². The molecule has 2 N–H and O–H groups in total. The topological polar surface area (TPSA) is 75.6 Å². The third-order valence-electron chi connectivity index (χ3n) is 3.16. The number of rotatable bonds is 7. The van der Waals surface area contributed by atoms with Gasteiger partial charge in [-0.25, -0.2) is 13.1 Å². The Morgan fingerprint density at radius 3 is 2.50 bits per heavy atom. The zero-order chi connectivity index (χ0) is 15.3. The second-order valence-electron chi connectivity index (χ2n) is 5.14. The number of aryl methyl sites for hydroxylation is 1. The molecule has 0 heterocycles. The Balaban J connectivity index is 3.13. The fourth-order valence-corrected chi connectivity index (χ4v) is 3.60. The predicted octanol–water partition coefficient (Wildman–Crippen LogP) is 1.69. The molecule has 0 saturated carbocycles. The molecule has 0 fully saturated rings. The largest absolute Gasteiger partial charge is 0.495 e. The number of aliphatic hydroxyl groups is 1. The van der Waals surface area contributed by atoms with Gasteiger partial charge in [-0.15, -0.1) is 0 Å². The van der Waals surface area contributed by atoms with E-state index in [9.17, 15) is 8.42 Å². The lowest BCUT2D eigenvalue weighted by Crippen LogP contribution is -2.39. The maximum absolute atomic E-state index is 12.5. The molecule has 0 radical (unpaired) electrons. The highest BCUT2D eigenvalue weighted by Crippen LogP contribution is 2.25. The van der Waals surface area contributed by atoms with Gasteiger partial charge in [0.25, 0.3) is 0 Å². The van der Waals surface area contributed by atoms with E-state index in [1.807, 2.05) is 20.8 Å². The van der Waals surface area contributed by atoms with E-state index in [1.54, 1.807) is 18.2 Å². The van der Waals surface area contributed by atoms with Crippen LogP contribution in [0.15, 0.2) is 23.1 Å². The van der Waals surface area contributed by atoms with E-state index in [1.165, 1.54) is 7.11 Å². The summed E-state index contributed by atoms with van der Waals surface area (Å²) in [6.07, 6.45) is 0.380. The van der Waals surface area contributed by atoms with Crippen LogP contribution in [0.4, 0.5) is 0 Å². The van der Waals surface area contributed by atoms with Gasteiger partial charge in [0.05, 0.1) is 7.11 Å². The van der Waals surface area contributed by atoms with Crippen LogP contribution in [0.3, 0.4) is 0 Å². The first-order valence-corrected chi connectivity index (χ1v) is 8.08. The van der Waals surface area contributed by atoms with Crippen LogP contribution in [0.25, 0.3) is 0 Å². The second kappa shape index (κ2) is 7.06. The first kappa shape index (κ1) is 16.9. The Bertz CT molecular complexity index is 540. The van der Waals surface area contributed by atoms with Crippen molar-refractivity contribution in [3.8, 4) is 5.75 Å². The van der Waals surface area contributed by atoms with Crippen molar-refractivity contribution in [2.24, 2.45) is 5.92 Å². The zero-order valence-corrected chi connectivity index (χ0v) is 13.2. The van der Waals surface area contributed by atoms with Crippen LogP contribution >= 0.6 is 0 Å². The Kier molecular flexibility index (Phi) is 5.98. The molecule has 0 aromatic heterocycles. The van der Waals surface area contributed by atoms with Crippen LogP contribution in [0, 0.1) is 12.8 Å². The summed E-state index contributed by atoms with van der Waals surface area (Å²) in [4.78, 5) is 0.128. The number of benzene rings is 1. The van der Waals surface area contributed by atoms with Crippen LogP contribution in [0.1, 0.15) is 25.8 Å². The molecule has 0 amide bonds. The lowest BCUT2D eigenvalue weighted by molar-refractivity contribution is 0.255. The standard InChI is InChI=1S/C14H23NO4S/c1-10(2)12(7-8-16)15-20(17,18)14-9-11(3)5-6-13(14)19-4/h5-6,9-10,12,15-16H,7-8H2,1-4H3. The van der Waals surface area contributed by atoms with Gasteiger partial charge in [-0.05, 0) is 37.0 Å². The third-order valence-corrected chi connectivity index (χ3v) is 4.67. The maximum Gasteiger partial charge on any atom is 0.244 e. The van der Waals surface area contributed by atoms with Crippen LogP contribution < -0.4 is 9.46 Å². The van der Waals surface area contributed by atoms with Crippen LogP contribution in [0.5, 0.6) is 5.75 Å². The predicted molar refractivity (Wildman–Crippen MR) is 78.4 cm³/mol. The molecule has 20 heavy (non-hydrogen) atoms. The number of ether oxygens (including phenoxy) is 1. The number of hydrogen-bond acceptors (Lipinski definition) is 4. The minimum atomic E-state index is -3.68. The van der Waals surface area contributed by atoms with Gasteiger partial charge in [0.15, 0.2) is 0 Å². The van der Waals surface area contributed by atoms with E-state index in [-0.39, 0.29) is 23.5 Å². The molecule has 0 aliphatic rings. The zero-order valence-electron chi connectivity index (χ0n) is 12.4. The van der Waals surface area contributed by atoms with Crippen molar-refractivity contribution < 1.29 is 18.3 Å². The second-order valence-corrected chi connectivity index (χ2v) is 6.82. The van der Waals surface area contributed by atoms with Crippen molar-refractivity contribution in [2.75, 3.05) is 13.7 Å². The van der Waals surface area contributed by atoms with E-state index >= 15 is 0 Å². The molecule has 114 valence electrons. The highest BCUT2D eigenvalue weighted by molar-refractivity contribution is 7.89. The number of aliphatic hydroxyl groups excluding tert-OH is 1. The van der Waals surface area contributed by atoms with Crippen LogP contribution in [-0.4, -0.2) is 33.3 Å². The molecule has 0 saturated heterocycles. The molecule has 1 aromatic carbocycles. The van der Waals surface area contributed by atoms with Crippen molar-refractivity contribution in [2.45, 2.75) is 38.1 Å². The van der Waals surface area contributed by atoms with Gasteiger partial charge in [0.1, 0.15) is 10.6 Å². The molecule has 1 unspecified atom stereocenters. The summed E-state index contributed by atoms with van der Waals surface area (Å²) in [6, 6.07) is 4.71. The van der Waals surface area contributed by atoms with Gasteiger partial charge in [0, 0.05) is 12.6 Å². The Labute approximate surface area is 121 Å². The van der Waals surface area contributed by atoms with Gasteiger partial charge < -0.3 is 9.84 Å². The van der Waals surface area contributed by atoms with Crippen molar-refractivity contribution in [3.63, 3.8) is 0 Å². The number of methoxy groups -OCH3 is 1. The molecule has 0 aliphatic heterocycles. The lowest BCUT2D eigenvalue weighted by Gasteiger charge is -2.22. The average Bonchev–Trinajstić information content (AvgIpc) is 2.38. The van der Waals surface area contributed by atoms with Crippen LogP contribution in [-0.2, 0) is 10.0 Å². The van der Waals surface area contributed by atoms with E-state index in [2.05, 4.69) is 4.72 Å². The Hall–Kier alpha value is -1.11. The van der Waals surface area contributed by atoms with Crippen LogP contribution in [0.2, 0.25) is 0 Å². The first-order chi connectivity index (χ1) is 9.31. The van der Waals surface area contributed by atoms with E-state index in [0.29, 0.717) is 12.2 Å². The number of hydrogen-bond donors (Lipinski definition) is 2. The number of sulfonamides is 1. The van der Waals surface area contributed by atoms with Gasteiger partial charge in [-0.1, -0.05) is 19.9 Å². The minimum absolute atomic E-state index is 0.0592. The highest BCUT2D eigenvalue weighted by atomic mass is 32.2. The average molecular weight is 301 g/mol. The highest BCUT2D eigenvalue weighted by Gasteiger charge is 2.25. The molecule has 0 bridgehead atoms. The van der Waals surface area contributed by atoms with E-state index in [0.717, 1.165) is 5.56 Å². The van der Waals surface area contributed by atoms with Gasteiger partial charge in [0.2, 0.25) is 10.0 Å². The summed E-state index contributed by atoms with van der Waals surface area (Å²) in [6.45, 7) is 5.59. The monoisotopic (exact) mass is 301 g/mol. The van der Waals surface area contributed by atoms with Gasteiger partial charge >= 0.3 is 0 Å².